The van der Waals surface area contributed by atoms with Crippen LogP contribution in [0.4, 0.5) is 0 Å². The minimum absolute atomic E-state index is 0. The monoisotopic (exact) mass is 484 g/mol. The van der Waals surface area contributed by atoms with Crippen LogP contribution >= 0.6 is 35.3 Å². The molecule has 0 amide bonds. The molecule has 2 N–H and O–H groups in total. The predicted molar refractivity (Wildman–Crippen MR) is 116 cm³/mol. The third-order valence-corrected chi connectivity index (χ3v) is 4.47. The summed E-state index contributed by atoms with van der Waals surface area (Å²) in [4.78, 5) is 8.80. The van der Waals surface area contributed by atoms with E-state index < -0.39 is 0 Å². The highest BCUT2D eigenvalue weighted by atomic mass is 127. The van der Waals surface area contributed by atoms with Crippen molar-refractivity contribution in [3.05, 3.63) is 16.1 Å². The van der Waals surface area contributed by atoms with Crippen molar-refractivity contribution in [2.75, 3.05) is 40.0 Å². The number of hydrogen-bond acceptors (Lipinski definition) is 5. The van der Waals surface area contributed by atoms with E-state index in [4.69, 9.17) is 9.47 Å². The summed E-state index contributed by atoms with van der Waals surface area (Å²) in [7, 11) is 1.76. The molecule has 1 rings (SSSR count). The Morgan fingerprint density at radius 1 is 1.20 bits per heavy atom. The fraction of sp³-hybridized carbons (Fsp3) is 0.765. The Balaban J connectivity index is 0.00000576. The van der Waals surface area contributed by atoms with Gasteiger partial charge in [-0.1, -0.05) is 27.2 Å². The highest BCUT2D eigenvalue weighted by molar-refractivity contribution is 14.0. The predicted octanol–water partition coefficient (Wildman–Crippen LogP) is 3.38. The van der Waals surface area contributed by atoms with Gasteiger partial charge in [-0.15, -0.1) is 35.3 Å². The van der Waals surface area contributed by atoms with E-state index in [-0.39, 0.29) is 24.0 Å². The Bertz CT molecular complexity index is 469. The van der Waals surface area contributed by atoms with E-state index in [0.717, 1.165) is 31.1 Å². The van der Waals surface area contributed by atoms with Gasteiger partial charge in [0, 0.05) is 31.5 Å². The summed E-state index contributed by atoms with van der Waals surface area (Å²) < 4.78 is 11.0. The van der Waals surface area contributed by atoms with Crippen molar-refractivity contribution in [1.82, 2.24) is 15.6 Å². The van der Waals surface area contributed by atoms with Gasteiger partial charge in [-0.2, -0.15) is 0 Å². The van der Waals surface area contributed by atoms with Crippen molar-refractivity contribution < 1.29 is 9.47 Å². The molecule has 0 saturated carbocycles. The number of nitrogens with one attached hydrogen (secondary N) is 2. The number of halogens is 1. The van der Waals surface area contributed by atoms with Gasteiger partial charge in [-0.05, 0) is 6.42 Å². The van der Waals surface area contributed by atoms with E-state index >= 15 is 0 Å². The topological polar surface area (TPSA) is 67.8 Å². The number of aliphatic imine (C=N–C) groups is 1. The van der Waals surface area contributed by atoms with Gasteiger partial charge in [0.25, 0.3) is 0 Å². The van der Waals surface area contributed by atoms with Crippen LogP contribution in [0.1, 0.15) is 50.2 Å². The van der Waals surface area contributed by atoms with Crippen molar-refractivity contribution >= 4 is 41.3 Å². The number of ether oxygens (including phenoxy) is 2. The van der Waals surface area contributed by atoms with Crippen LogP contribution in [-0.2, 0) is 16.0 Å². The molecule has 0 unspecified atom stereocenters. The van der Waals surface area contributed by atoms with Crippen LogP contribution in [0, 0.1) is 0 Å². The molecule has 0 aliphatic heterocycles. The second-order valence-corrected chi connectivity index (χ2v) is 6.65. The van der Waals surface area contributed by atoms with Gasteiger partial charge >= 0.3 is 0 Å². The summed E-state index contributed by atoms with van der Waals surface area (Å²) in [5.74, 6) is 1.24. The van der Waals surface area contributed by atoms with E-state index in [1.165, 1.54) is 5.01 Å². The van der Waals surface area contributed by atoms with Gasteiger partial charge in [-0.25, -0.2) is 4.98 Å². The van der Waals surface area contributed by atoms with Gasteiger partial charge in [0.1, 0.15) is 0 Å². The van der Waals surface area contributed by atoms with Crippen LogP contribution in [-0.4, -0.2) is 51.0 Å². The Labute approximate surface area is 173 Å². The van der Waals surface area contributed by atoms with Gasteiger partial charge in [0.15, 0.2) is 5.96 Å². The van der Waals surface area contributed by atoms with Crippen LogP contribution in [0.3, 0.4) is 0 Å². The number of hydrogen-bond donors (Lipinski definition) is 2. The summed E-state index contributed by atoms with van der Waals surface area (Å²) >= 11 is 1.71. The maximum atomic E-state index is 5.52. The second-order valence-electron chi connectivity index (χ2n) is 5.76. The van der Waals surface area contributed by atoms with Crippen LogP contribution in [0.15, 0.2) is 10.4 Å². The first-order valence-electron chi connectivity index (χ1n) is 8.71. The van der Waals surface area contributed by atoms with E-state index in [9.17, 15) is 0 Å². The van der Waals surface area contributed by atoms with E-state index in [2.05, 4.69) is 46.8 Å². The number of nitrogens with zero attached hydrogens (tertiary/aromatic N) is 2. The molecule has 1 heterocycles. The molecular formula is C17H33IN4O2S. The summed E-state index contributed by atoms with van der Waals surface area (Å²) in [6.45, 7) is 10.6. The van der Waals surface area contributed by atoms with Crippen molar-refractivity contribution in [2.24, 2.45) is 4.99 Å². The lowest BCUT2D eigenvalue weighted by atomic mass is 10.2. The van der Waals surface area contributed by atoms with Crippen LogP contribution in [0.25, 0.3) is 0 Å². The summed E-state index contributed by atoms with van der Waals surface area (Å²) in [6, 6.07) is 0. The van der Waals surface area contributed by atoms with E-state index in [1.54, 1.807) is 18.4 Å². The third-order valence-electron chi connectivity index (χ3n) is 3.28. The summed E-state index contributed by atoms with van der Waals surface area (Å²) in [5, 5.41) is 9.76. The lowest BCUT2D eigenvalue weighted by molar-refractivity contribution is 0.0487. The molecule has 0 radical (unpaired) electrons. The highest BCUT2D eigenvalue weighted by Crippen LogP contribution is 2.18. The minimum atomic E-state index is 0. The van der Waals surface area contributed by atoms with Crippen molar-refractivity contribution in [1.29, 1.82) is 0 Å². The third kappa shape index (κ3) is 11.7. The quantitative estimate of drug-likeness (QED) is 0.206. The maximum absolute atomic E-state index is 5.52. The van der Waals surface area contributed by atoms with Gasteiger partial charge in [-0.3, -0.25) is 4.99 Å². The molecule has 8 heteroatoms. The normalized spacial score (nSPS) is 11.5. The lowest BCUT2D eigenvalue weighted by Gasteiger charge is -2.11. The zero-order valence-corrected chi connectivity index (χ0v) is 19.0. The van der Waals surface area contributed by atoms with Crippen molar-refractivity contribution in [3.8, 4) is 0 Å². The Hall–Kier alpha value is -0.450. The Morgan fingerprint density at radius 2 is 1.92 bits per heavy atom. The lowest BCUT2D eigenvalue weighted by Crippen LogP contribution is -2.38. The SMILES string of the molecule is CCCCOCCOCCNC(=NC)NCc1csc(C(C)C)n1.I. The molecule has 6 nitrogen and oxygen atoms in total. The van der Waals surface area contributed by atoms with Gasteiger partial charge in [0.2, 0.25) is 0 Å². The number of guanidine groups is 1. The first kappa shape index (κ1) is 24.6. The standard InChI is InChI=1S/C17H32N4O2S.HI/c1-5-6-8-22-10-11-23-9-7-19-17(18-4)20-12-15-13-24-16(21-15)14(2)3;/h13-14H,5-12H2,1-4H3,(H2,18,19,20);1H. The average molecular weight is 484 g/mol. The first-order chi connectivity index (χ1) is 11.7. The summed E-state index contributed by atoms with van der Waals surface area (Å²) in [5.41, 5.74) is 1.05. The molecule has 0 aliphatic carbocycles. The van der Waals surface area contributed by atoms with Gasteiger partial charge < -0.3 is 20.1 Å². The van der Waals surface area contributed by atoms with Crippen molar-refractivity contribution in [2.45, 2.75) is 46.1 Å². The fourth-order valence-corrected chi connectivity index (χ4v) is 2.71. The van der Waals surface area contributed by atoms with E-state index in [1.807, 2.05) is 0 Å². The fourth-order valence-electron chi connectivity index (χ4n) is 1.87. The van der Waals surface area contributed by atoms with Crippen LogP contribution in [0.5, 0.6) is 0 Å². The number of thiazole rings is 1. The molecule has 0 atom stereocenters. The van der Waals surface area contributed by atoms with Gasteiger partial charge in [0.05, 0.1) is 37.1 Å². The van der Waals surface area contributed by atoms with E-state index in [0.29, 0.717) is 38.8 Å². The molecule has 1 aromatic heterocycles. The van der Waals surface area contributed by atoms with Crippen LogP contribution < -0.4 is 10.6 Å². The highest BCUT2D eigenvalue weighted by Gasteiger charge is 2.06. The molecule has 0 aromatic carbocycles. The molecule has 25 heavy (non-hydrogen) atoms. The number of aromatic nitrogens is 1. The molecule has 1 aromatic rings. The Kier molecular flexibility index (Phi) is 15.5. The zero-order chi connectivity index (χ0) is 17.6. The largest absolute Gasteiger partial charge is 0.379 e. The molecule has 0 saturated heterocycles. The Morgan fingerprint density at radius 3 is 2.52 bits per heavy atom. The first-order valence-corrected chi connectivity index (χ1v) is 9.59. The second kappa shape index (κ2) is 15.8. The molecule has 0 spiro atoms. The zero-order valence-electron chi connectivity index (χ0n) is 15.8. The number of unbranched alkanes of at least 4 members (excludes halogenated alkanes) is 1. The number of rotatable bonds is 12. The average Bonchev–Trinajstić information content (AvgIpc) is 3.05. The molecule has 0 aliphatic rings. The van der Waals surface area contributed by atoms with Crippen LogP contribution in [0.2, 0.25) is 0 Å². The molecule has 0 fully saturated rings. The maximum Gasteiger partial charge on any atom is 0.191 e. The molecule has 146 valence electrons. The molecular weight excluding hydrogens is 451 g/mol. The molecule has 0 bridgehead atoms. The smallest absolute Gasteiger partial charge is 0.191 e. The summed E-state index contributed by atoms with van der Waals surface area (Å²) in [6.07, 6.45) is 2.28. The van der Waals surface area contributed by atoms with Crippen molar-refractivity contribution in [3.63, 3.8) is 0 Å². The minimum Gasteiger partial charge on any atom is -0.379 e.